The van der Waals surface area contributed by atoms with E-state index in [2.05, 4.69) is 47.9 Å². The van der Waals surface area contributed by atoms with Gasteiger partial charge in [0, 0.05) is 74.2 Å². The number of carbonyl (C=O) groups is 14. The van der Waals surface area contributed by atoms with Crippen molar-refractivity contribution in [3.8, 4) is 0 Å². The van der Waals surface area contributed by atoms with E-state index in [0.717, 1.165) is 4.90 Å². The van der Waals surface area contributed by atoms with Crippen LogP contribution in [0.4, 0.5) is 0 Å². The van der Waals surface area contributed by atoms with E-state index in [9.17, 15) is 67.1 Å². The first-order chi connectivity index (χ1) is 45.6. The third-order valence-corrected chi connectivity index (χ3v) is 17.9. The monoisotopic (exact) mass is 1390 g/mol. The number of ether oxygens (including phenoxy) is 2. The minimum Gasteiger partial charge on any atom is -0.458 e. The molecule has 0 bridgehead atoms. The number of nitrogens with zero attached hydrogens (tertiary/aromatic N) is 4. The van der Waals surface area contributed by atoms with Gasteiger partial charge in [-0.15, -0.1) is 0 Å². The smallest absolute Gasteiger partial charge is 0.329 e. The van der Waals surface area contributed by atoms with Gasteiger partial charge in [0.25, 0.3) is 0 Å². The van der Waals surface area contributed by atoms with Crippen molar-refractivity contribution in [1.82, 2.24) is 67.5 Å². The lowest BCUT2D eigenvalue weighted by molar-refractivity contribution is -0.163. The lowest BCUT2D eigenvalue weighted by Gasteiger charge is -2.36. The highest BCUT2D eigenvalue weighted by Gasteiger charge is 2.43. The molecule has 0 saturated carbocycles. The van der Waals surface area contributed by atoms with Gasteiger partial charge in [-0.05, 0) is 80.5 Å². The number of nitrogens with one attached hydrogen (secondary N) is 9. The Bertz CT molecular complexity index is 2690. The summed E-state index contributed by atoms with van der Waals surface area (Å²) < 4.78 is 11.1. The van der Waals surface area contributed by atoms with Crippen LogP contribution in [0.5, 0.6) is 0 Å². The number of hydrogen-bond acceptors (Lipinski definition) is 16. The van der Waals surface area contributed by atoms with Crippen LogP contribution >= 0.6 is 0 Å². The predicted molar refractivity (Wildman–Crippen MR) is 370 cm³/mol. The summed E-state index contributed by atoms with van der Waals surface area (Å²) in [5.74, 6) is -12.6. The van der Waals surface area contributed by atoms with Crippen molar-refractivity contribution < 1.29 is 76.6 Å². The van der Waals surface area contributed by atoms with E-state index in [0.29, 0.717) is 19.3 Å². The zero-order chi connectivity index (χ0) is 75.3. The zero-order valence-electron chi connectivity index (χ0n) is 63.0. The van der Waals surface area contributed by atoms with Gasteiger partial charge in [-0.3, -0.25) is 62.3 Å². The number of hydrogen-bond donors (Lipinski definition) is 9. The number of likely N-dealkylation sites (N-methyl/N-ethyl adjacent to an activating group) is 4. The largest absolute Gasteiger partial charge is 0.458 e. The third kappa shape index (κ3) is 28.4. The topological polar surface area (TPSA) is 379 Å². The summed E-state index contributed by atoms with van der Waals surface area (Å²) in [4.78, 5) is 203. The lowest BCUT2D eigenvalue weighted by atomic mass is 9.94. The average Bonchev–Trinajstić information content (AvgIpc) is 0.828. The Hall–Kier alpha value is -7.46. The summed E-state index contributed by atoms with van der Waals surface area (Å²) in [6.07, 6.45) is -0.971. The number of carbonyl (C=O) groups excluding carboxylic acids is 14. The Kier molecular flexibility index (Phi) is 39.0. The third-order valence-electron chi connectivity index (χ3n) is 17.9. The average molecular weight is 1390 g/mol. The normalized spacial score (nSPS) is 24.8. The van der Waals surface area contributed by atoms with Crippen LogP contribution in [0.1, 0.15) is 182 Å². The second-order valence-electron chi connectivity index (χ2n) is 28.5. The molecule has 0 radical (unpaired) electrons. The Labute approximate surface area is 582 Å². The molecule has 0 aromatic heterocycles. The van der Waals surface area contributed by atoms with E-state index in [4.69, 9.17) is 9.47 Å². The summed E-state index contributed by atoms with van der Waals surface area (Å²) in [6, 6.07) is -12.3. The van der Waals surface area contributed by atoms with Gasteiger partial charge in [-0.1, -0.05) is 130 Å². The molecule has 1 aliphatic heterocycles. The van der Waals surface area contributed by atoms with Crippen LogP contribution in [-0.2, 0) is 76.6 Å². The Morgan fingerprint density at radius 3 is 1.51 bits per heavy atom. The molecule has 14 atom stereocenters. The maximum atomic E-state index is 14.8. The maximum absolute atomic E-state index is 14.8. The Morgan fingerprint density at radius 1 is 0.582 bits per heavy atom. The SMILES string of the molecule is CCC(C)C1NC(=O)CCN(C)C(=O)C(C(C)CC)N(C)C(=O)C(CC(C)C)NC(=O)CCNC(=O)C(NC(=O)C(CC(C)C)N(C)C(=O)C(NC(=O)COC)C(C)C)C(C)OC(=O)C(C(C)CC)N(C)C(=O)C(CC(C)C)NC(=O)CCNC(=O)C(C)NC(=O)C(C(C)C)NC1=O. The fraction of sp³-hybridized carbons (Fsp3) is 0.797. The molecule has 98 heavy (non-hydrogen) atoms. The molecule has 13 amide bonds. The first-order valence-corrected chi connectivity index (χ1v) is 35.0. The highest BCUT2D eigenvalue weighted by Crippen LogP contribution is 2.23. The minimum absolute atomic E-state index is 0.0609. The molecule has 1 fully saturated rings. The van der Waals surface area contributed by atoms with Crippen LogP contribution in [0.15, 0.2) is 0 Å². The highest BCUT2D eigenvalue weighted by atomic mass is 16.5. The van der Waals surface area contributed by atoms with Crippen LogP contribution in [0, 0.1) is 47.3 Å². The molecule has 9 N–H and O–H groups in total. The first-order valence-electron chi connectivity index (χ1n) is 35.0. The molecule has 29 heteroatoms. The van der Waals surface area contributed by atoms with Crippen molar-refractivity contribution in [3.63, 3.8) is 0 Å². The fourth-order valence-electron chi connectivity index (χ4n) is 11.3. The van der Waals surface area contributed by atoms with E-state index in [1.165, 1.54) is 63.8 Å². The molecule has 1 rings (SSSR count). The molecular weight excluding hydrogens is 1270 g/mol. The lowest BCUT2D eigenvalue weighted by Crippen LogP contribution is -2.61. The molecule has 0 aromatic carbocycles. The van der Waals surface area contributed by atoms with Crippen LogP contribution in [0.25, 0.3) is 0 Å². The van der Waals surface area contributed by atoms with E-state index in [1.54, 1.807) is 55.4 Å². The molecule has 1 aliphatic rings. The summed E-state index contributed by atoms with van der Waals surface area (Å²) in [6.45, 7) is 30.2. The Morgan fingerprint density at radius 2 is 1.05 bits per heavy atom. The van der Waals surface area contributed by atoms with Crippen molar-refractivity contribution in [1.29, 1.82) is 0 Å². The summed E-state index contributed by atoms with van der Waals surface area (Å²) >= 11 is 0. The van der Waals surface area contributed by atoms with Crippen molar-refractivity contribution in [2.45, 2.75) is 249 Å². The van der Waals surface area contributed by atoms with E-state index >= 15 is 0 Å². The molecule has 1 heterocycles. The summed E-state index contributed by atoms with van der Waals surface area (Å²) in [7, 11) is 7.03. The Balaban J connectivity index is 4.15. The van der Waals surface area contributed by atoms with Crippen LogP contribution in [0.3, 0.4) is 0 Å². The van der Waals surface area contributed by atoms with Gasteiger partial charge < -0.3 is 76.9 Å². The quantitative estimate of drug-likeness (QED) is 0.0742. The second kappa shape index (κ2) is 43.2. The molecule has 0 aliphatic carbocycles. The van der Waals surface area contributed by atoms with Gasteiger partial charge in [0.2, 0.25) is 76.8 Å². The fourth-order valence-corrected chi connectivity index (χ4v) is 11.3. The molecular formula is C69H123N13O16. The molecule has 0 spiro atoms. The van der Waals surface area contributed by atoms with Crippen LogP contribution in [0.2, 0.25) is 0 Å². The van der Waals surface area contributed by atoms with Gasteiger partial charge >= 0.3 is 5.97 Å². The van der Waals surface area contributed by atoms with Crippen molar-refractivity contribution >= 4 is 82.8 Å². The number of rotatable bonds is 21. The van der Waals surface area contributed by atoms with Gasteiger partial charge in [0.15, 0.2) is 0 Å². The van der Waals surface area contributed by atoms with Crippen molar-refractivity contribution in [2.24, 2.45) is 47.3 Å². The molecule has 1 saturated heterocycles. The van der Waals surface area contributed by atoms with Crippen molar-refractivity contribution in [3.05, 3.63) is 0 Å². The number of methoxy groups -OCH3 is 1. The van der Waals surface area contributed by atoms with Crippen LogP contribution in [-0.4, -0.2) is 230 Å². The van der Waals surface area contributed by atoms with Gasteiger partial charge in [-0.25, -0.2) is 4.79 Å². The maximum Gasteiger partial charge on any atom is 0.329 e. The van der Waals surface area contributed by atoms with E-state index in [1.807, 2.05) is 55.4 Å². The standard InChI is InChI=1S/C69H123N13O16/c1-24-42(14)56-64(91)77-54(40(10)11)63(90)72-45(17)60(87)70-30-27-50(83)74-48(34-38(6)7)66(93)82(22)59(44(16)26-3)69(96)98-46(18)57(78-61(88)49(35-39(8)9)80(20)67(94)55(41(12)13)76-53(86)36-97-23)62(89)71-31-28-51(84)73-47(33-37(4)5)65(92)81(21)58(43(15)25-2)68(95)79(19)32-29-52(85)75-56/h37-49,54-59H,24-36H2,1-23H3,(H,70,87)(H,71,89)(H,72,90)(H,73,84)(H,74,83)(H,75,85)(H,76,86)(H,77,91)(H,78,88). The first kappa shape index (κ1) is 88.6. The van der Waals surface area contributed by atoms with E-state index < -0.39 is 185 Å². The molecule has 560 valence electrons. The second-order valence-corrected chi connectivity index (χ2v) is 28.5. The minimum atomic E-state index is -1.73. The van der Waals surface area contributed by atoms with Crippen molar-refractivity contribution in [2.75, 3.05) is 61.5 Å². The molecule has 0 aromatic rings. The number of amides is 13. The summed E-state index contributed by atoms with van der Waals surface area (Å²) in [5, 5.41) is 24.4. The summed E-state index contributed by atoms with van der Waals surface area (Å²) in [5.41, 5.74) is 0. The van der Waals surface area contributed by atoms with E-state index in [-0.39, 0.29) is 76.1 Å². The molecule has 29 nitrogen and oxygen atoms in total. The number of cyclic esters (lactones) is 1. The van der Waals surface area contributed by atoms with Gasteiger partial charge in [-0.2, -0.15) is 0 Å². The zero-order valence-corrected chi connectivity index (χ0v) is 63.0. The highest BCUT2D eigenvalue weighted by molar-refractivity contribution is 5.97. The van der Waals surface area contributed by atoms with Gasteiger partial charge in [0.05, 0.1) is 0 Å². The molecule has 14 unspecified atom stereocenters. The van der Waals surface area contributed by atoms with Gasteiger partial charge in [0.1, 0.15) is 73.1 Å². The number of esters is 1. The predicted octanol–water partition coefficient (Wildman–Crippen LogP) is 1.92. The van der Waals surface area contributed by atoms with Crippen LogP contribution < -0.4 is 47.9 Å².